The van der Waals surface area contributed by atoms with Gasteiger partial charge in [-0.1, -0.05) is 13.8 Å². The molecule has 0 unspecified atom stereocenters. The molecule has 5 nitrogen and oxygen atoms in total. The fourth-order valence-electron chi connectivity index (χ4n) is 1.12. The van der Waals surface area contributed by atoms with E-state index in [1.807, 2.05) is 13.8 Å². The average Bonchev–Trinajstić information content (AvgIpc) is 2.62. The monoisotopic (exact) mass is 198 g/mol. The molecule has 1 aromatic heterocycles. The molecule has 0 spiro atoms. The molecule has 14 heavy (non-hydrogen) atoms. The lowest BCUT2D eigenvalue weighted by atomic mass is 10.4. The van der Waals surface area contributed by atoms with E-state index in [0.29, 0.717) is 12.4 Å². The molecule has 0 saturated carbocycles. The van der Waals surface area contributed by atoms with Gasteiger partial charge >= 0.3 is 5.97 Å². The van der Waals surface area contributed by atoms with Crippen LogP contribution in [0.3, 0.4) is 0 Å². The third-order valence-corrected chi connectivity index (χ3v) is 2.02. The molecule has 0 aliphatic rings. The summed E-state index contributed by atoms with van der Waals surface area (Å²) in [5.74, 6) is -0.606. The Bertz CT molecular complexity index is 305. The van der Waals surface area contributed by atoms with Crippen LogP contribution in [0.5, 0.6) is 0 Å². The van der Waals surface area contributed by atoms with Gasteiger partial charge in [0.2, 0.25) is 5.89 Å². The number of hydrogen-bond acceptors (Lipinski definition) is 4. The summed E-state index contributed by atoms with van der Waals surface area (Å²) < 4.78 is 5.03. The number of carbonyl (C=O) groups is 1. The highest BCUT2D eigenvalue weighted by Gasteiger charge is 2.11. The first-order valence-corrected chi connectivity index (χ1v) is 4.57. The number of oxazole rings is 1. The number of carboxylic acid groups (broad SMARTS) is 1. The van der Waals surface area contributed by atoms with Crippen LogP contribution in [-0.2, 0) is 6.54 Å². The molecule has 0 saturated heterocycles. The summed E-state index contributed by atoms with van der Waals surface area (Å²) in [6.45, 7) is 6.40. The first-order valence-electron chi connectivity index (χ1n) is 4.57. The van der Waals surface area contributed by atoms with Crippen LogP contribution in [0.4, 0.5) is 0 Å². The molecule has 1 rings (SSSR count). The second-order valence-electron chi connectivity index (χ2n) is 2.89. The van der Waals surface area contributed by atoms with E-state index >= 15 is 0 Å². The Balaban J connectivity index is 2.63. The van der Waals surface area contributed by atoms with Gasteiger partial charge in [-0.2, -0.15) is 0 Å². The van der Waals surface area contributed by atoms with Gasteiger partial charge in [0.05, 0.1) is 6.54 Å². The Hall–Kier alpha value is -1.36. The molecule has 0 atom stereocenters. The van der Waals surface area contributed by atoms with Crippen LogP contribution in [-0.4, -0.2) is 34.0 Å². The van der Waals surface area contributed by atoms with Crippen molar-refractivity contribution in [3.8, 4) is 0 Å². The van der Waals surface area contributed by atoms with Crippen molar-refractivity contribution >= 4 is 5.97 Å². The third kappa shape index (κ3) is 2.56. The SMILES string of the molecule is CCN(CC)Cc1nc(C(=O)O)co1. The summed E-state index contributed by atoms with van der Waals surface area (Å²) in [6.07, 6.45) is 1.17. The predicted molar refractivity (Wildman–Crippen MR) is 50.1 cm³/mol. The maximum atomic E-state index is 10.5. The van der Waals surface area contributed by atoms with E-state index < -0.39 is 5.97 Å². The molecule has 0 bridgehead atoms. The normalized spacial score (nSPS) is 10.8. The summed E-state index contributed by atoms with van der Waals surface area (Å²) in [5, 5.41) is 8.61. The van der Waals surface area contributed by atoms with Crippen molar-refractivity contribution in [1.82, 2.24) is 9.88 Å². The summed E-state index contributed by atoms with van der Waals surface area (Å²) in [7, 11) is 0. The van der Waals surface area contributed by atoms with Crippen molar-refractivity contribution < 1.29 is 14.3 Å². The second kappa shape index (κ2) is 4.76. The van der Waals surface area contributed by atoms with Crippen molar-refractivity contribution in [2.45, 2.75) is 20.4 Å². The zero-order chi connectivity index (χ0) is 10.6. The van der Waals surface area contributed by atoms with E-state index in [2.05, 4.69) is 9.88 Å². The van der Waals surface area contributed by atoms with Gasteiger partial charge in [-0.25, -0.2) is 9.78 Å². The van der Waals surface area contributed by atoms with Gasteiger partial charge in [0, 0.05) is 0 Å². The molecule has 0 fully saturated rings. The fourth-order valence-corrected chi connectivity index (χ4v) is 1.12. The molecule has 1 heterocycles. The maximum absolute atomic E-state index is 10.5. The minimum Gasteiger partial charge on any atom is -0.476 e. The minimum atomic E-state index is -1.06. The molecule has 1 aromatic rings. The van der Waals surface area contributed by atoms with Crippen LogP contribution in [0.25, 0.3) is 0 Å². The van der Waals surface area contributed by atoms with E-state index in [4.69, 9.17) is 9.52 Å². The standard InChI is InChI=1S/C9H14N2O3/c1-3-11(4-2)5-8-10-7(6-14-8)9(12)13/h6H,3-5H2,1-2H3,(H,12,13). The van der Waals surface area contributed by atoms with Crippen LogP contribution < -0.4 is 0 Å². The topological polar surface area (TPSA) is 66.6 Å². The van der Waals surface area contributed by atoms with Gasteiger partial charge in [-0.3, -0.25) is 4.90 Å². The summed E-state index contributed by atoms with van der Waals surface area (Å²) >= 11 is 0. The van der Waals surface area contributed by atoms with E-state index in [0.717, 1.165) is 13.1 Å². The van der Waals surface area contributed by atoms with E-state index in [9.17, 15) is 4.79 Å². The third-order valence-electron chi connectivity index (χ3n) is 2.02. The predicted octanol–water partition coefficient (Wildman–Crippen LogP) is 1.21. The molecule has 0 aliphatic carbocycles. The highest BCUT2D eigenvalue weighted by atomic mass is 16.4. The van der Waals surface area contributed by atoms with Crippen molar-refractivity contribution in [1.29, 1.82) is 0 Å². The summed E-state index contributed by atoms with van der Waals surface area (Å²) in [6, 6.07) is 0. The smallest absolute Gasteiger partial charge is 0.357 e. The fraction of sp³-hybridized carbons (Fsp3) is 0.556. The van der Waals surface area contributed by atoms with Gasteiger partial charge in [0.15, 0.2) is 5.69 Å². The number of aromatic carboxylic acids is 1. The molecule has 5 heteroatoms. The van der Waals surface area contributed by atoms with Crippen LogP contribution >= 0.6 is 0 Å². The number of hydrogen-bond donors (Lipinski definition) is 1. The molecular weight excluding hydrogens is 184 g/mol. The van der Waals surface area contributed by atoms with Crippen LogP contribution in [0.15, 0.2) is 10.7 Å². The quantitative estimate of drug-likeness (QED) is 0.770. The highest BCUT2D eigenvalue weighted by Crippen LogP contribution is 2.05. The Morgan fingerprint density at radius 1 is 1.57 bits per heavy atom. The zero-order valence-electron chi connectivity index (χ0n) is 8.36. The zero-order valence-corrected chi connectivity index (χ0v) is 8.36. The van der Waals surface area contributed by atoms with Crippen molar-refractivity contribution in [2.24, 2.45) is 0 Å². The Labute approximate surface area is 82.4 Å². The van der Waals surface area contributed by atoms with E-state index in [1.165, 1.54) is 6.26 Å². The van der Waals surface area contributed by atoms with Crippen molar-refractivity contribution in [3.63, 3.8) is 0 Å². The van der Waals surface area contributed by atoms with Crippen LogP contribution in [0, 0.1) is 0 Å². The molecule has 78 valence electrons. The van der Waals surface area contributed by atoms with E-state index in [1.54, 1.807) is 0 Å². The van der Waals surface area contributed by atoms with Crippen LogP contribution in [0.2, 0.25) is 0 Å². The van der Waals surface area contributed by atoms with Crippen LogP contribution in [0.1, 0.15) is 30.2 Å². The molecule has 0 amide bonds. The van der Waals surface area contributed by atoms with Crippen molar-refractivity contribution in [3.05, 3.63) is 17.8 Å². The second-order valence-corrected chi connectivity index (χ2v) is 2.89. The van der Waals surface area contributed by atoms with Crippen molar-refractivity contribution in [2.75, 3.05) is 13.1 Å². The summed E-state index contributed by atoms with van der Waals surface area (Å²) in [5.41, 5.74) is -0.0350. The molecule has 0 aliphatic heterocycles. The largest absolute Gasteiger partial charge is 0.476 e. The van der Waals surface area contributed by atoms with Gasteiger partial charge in [0.25, 0.3) is 0 Å². The highest BCUT2D eigenvalue weighted by molar-refractivity contribution is 5.84. The lowest BCUT2D eigenvalue weighted by Gasteiger charge is -2.14. The summed E-state index contributed by atoms with van der Waals surface area (Å²) in [4.78, 5) is 16.4. The van der Waals surface area contributed by atoms with E-state index in [-0.39, 0.29) is 5.69 Å². The van der Waals surface area contributed by atoms with Gasteiger partial charge in [-0.05, 0) is 13.1 Å². The first-order chi connectivity index (χ1) is 6.67. The lowest BCUT2D eigenvalue weighted by Crippen LogP contribution is -2.22. The lowest BCUT2D eigenvalue weighted by molar-refractivity contribution is 0.0690. The number of nitrogens with zero attached hydrogens (tertiary/aromatic N) is 2. The molecule has 0 radical (unpaired) electrons. The molecule has 1 N–H and O–H groups in total. The number of aromatic nitrogens is 1. The first kappa shape index (κ1) is 10.7. The Morgan fingerprint density at radius 2 is 2.21 bits per heavy atom. The number of rotatable bonds is 5. The maximum Gasteiger partial charge on any atom is 0.357 e. The van der Waals surface area contributed by atoms with Gasteiger partial charge in [-0.15, -0.1) is 0 Å². The Kier molecular flexibility index (Phi) is 3.64. The minimum absolute atomic E-state index is 0.0350. The van der Waals surface area contributed by atoms with Gasteiger partial charge in [0.1, 0.15) is 6.26 Å². The Morgan fingerprint density at radius 3 is 2.64 bits per heavy atom. The molecular formula is C9H14N2O3. The molecule has 0 aromatic carbocycles. The average molecular weight is 198 g/mol. The van der Waals surface area contributed by atoms with Gasteiger partial charge < -0.3 is 9.52 Å². The number of carboxylic acids is 1.